The Morgan fingerprint density at radius 1 is 0.667 bits per heavy atom. The first kappa shape index (κ1) is 26.9. The molecule has 0 fully saturated rings. The number of aryl methyl sites for hydroxylation is 1. The van der Waals surface area contributed by atoms with Crippen LogP contribution in [0.5, 0.6) is 0 Å². The van der Waals surface area contributed by atoms with Crippen molar-refractivity contribution < 1.29 is 0 Å². The molecule has 0 saturated carbocycles. The summed E-state index contributed by atoms with van der Waals surface area (Å²) in [6.07, 6.45) is 21.5. The quantitative estimate of drug-likeness (QED) is 0.141. The fourth-order valence-corrected chi connectivity index (χ4v) is 4.61. The zero-order chi connectivity index (χ0) is 19.0. The van der Waals surface area contributed by atoms with Gasteiger partial charge in [-0.15, -0.1) is 0 Å². The van der Waals surface area contributed by atoms with E-state index in [2.05, 4.69) is 55.5 Å². The van der Waals surface area contributed by atoms with Crippen LogP contribution in [0.2, 0.25) is 0 Å². The number of rotatable bonds is 16. The molecular weight excluding hydrogens is 441 g/mol. The second-order valence-electron chi connectivity index (χ2n) is 8.12. The van der Waals surface area contributed by atoms with E-state index in [1.165, 1.54) is 107 Å². The smallest absolute Gasteiger partial charge is 0.0249 e. The molecule has 1 aromatic rings. The zero-order valence-corrected chi connectivity index (χ0v) is 20.7. The Balaban J connectivity index is 0.00000676. The van der Waals surface area contributed by atoms with Crippen LogP contribution in [0.4, 0.5) is 0 Å². The third kappa shape index (κ3) is 12.2. The summed E-state index contributed by atoms with van der Waals surface area (Å²) >= 11 is 2.51. The highest BCUT2D eigenvalue weighted by molar-refractivity contribution is 14.1. The molecule has 0 aliphatic rings. The largest absolute Gasteiger partial charge is 0.344 e. The summed E-state index contributed by atoms with van der Waals surface area (Å²) in [5.41, 5.74) is 6.19. The van der Waals surface area contributed by atoms with E-state index in [9.17, 15) is 0 Å². The molecule has 0 radical (unpaired) electrons. The fraction of sp³-hybridized carbons (Fsp3) is 0.760. The van der Waals surface area contributed by atoms with Gasteiger partial charge in [-0.1, -0.05) is 125 Å². The summed E-state index contributed by atoms with van der Waals surface area (Å²) < 4.78 is 1.15. The summed E-state index contributed by atoms with van der Waals surface area (Å²) in [5, 5.41) is 0. The van der Waals surface area contributed by atoms with E-state index < -0.39 is 0 Å². The van der Waals surface area contributed by atoms with Crippen LogP contribution in [-0.2, 0) is 10.8 Å². The van der Waals surface area contributed by atoms with Gasteiger partial charge in [-0.2, -0.15) is 0 Å². The fourth-order valence-electron chi connectivity index (χ4n) is 3.90. The molecule has 0 spiro atoms. The van der Waals surface area contributed by atoms with Crippen LogP contribution < -0.4 is 6.15 Å². The Morgan fingerprint density at radius 2 is 1.11 bits per heavy atom. The van der Waals surface area contributed by atoms with Gasteiger partial charge in [0.05, 0.1) is 0 Å². The van der Waals surface area contributed by atoms with E-state index in [0.717, 1.165) is 4.43 Å². The Labute approximate surface area is 184 Å². The molecular formula is C25H46IN. The molecule has 2 heteroatoms. The van der Waals surface area contributed by atoms with Crippen LogP contribution >= 0.6 is 22.6 Å². The molecule has 1 nitrogen and oxygen atoms in total. The third-order valence-electron chi connectivity index (χ3n) is 5.89. The van der Waals surface area contributed by atoms with E-state index in [1.807, 2.05) is 0 Å². The standard InChI is InChI=1S/C25H43I.H3N/c1-4-5-6-7-8-9-10-11-12-13-14-15-16-17-18-25-23(3)22(2)19-20-24(25)21-26;/h19-20H,4-18,21H2,1-3H3;1H3. The minimum absolute atomic E-state index is 0. The van der Waals surface area contributed by atoms with Gasteiger partial charge in [-0.25, -0.2) is 0 Å². The van der Waals surface area contributed by atoms with Crippen molar-refractivity contribution in [2.24, 2.45) is 0 Å². The Kier molecular flexibility index (Phi) is 17.9. The van der Waals surface area contributed by atoms with Crippen LogP contribution in [0.3, 0.4) is 0 Å². The lowest BCUT2D eigenvalue weighted by molar-refractivity contribution is 0.535. The lowest BCUT2D eigenvalue weighted by Gasteiger charge is -2.13. The van der Waals surface area contributed by atoms with Crippen molar-refractivity contribution in [2.45, 2.75) is 122 Å². The van der Waals surface area contributed by atoms with Gasteiger partial charge in [0.1, 0.15) is 0 Å². The molecule has 0 aromatic heterocycles. The van der Waals surface area contributed by atoms with E-state index in [4.69, 9.17) is 0 Å². The van der Waals surface area contributed by atoms with Crippen molar-refractivity contribution in [2.75, 3.05) is 0 Å². The maximum atomic E-state index is 2.51. The maximum Gasteiger partial charge on any atom is 0.0249 e. The van der Waals surface area contributed by atoms with Gasteiger partial charge in [0.15, 0.2) is 0 Å². The van der Waals surface area contributed by atoms with Crippen molar-refractivity contribution in [3.8, 4) is 0 Å². The number of hydrogen-bond acceptors (Lipinski definition) is 1. The number of alkyl halides is 1. The number of benzene rings is 1. The van der Waals surface area contributed by atoms with Crippen molar-refractivity contribution in [3.05, 3.63) is 34.4 Å². The van der Waals surface area contributed by atoms with Gasteiger partial charge < -0.3 is 6.15 Å². The monoisotopic (exact) mass is 487 g/mol. The third-order valence-corrected chi connectivity index (χ3v) is 6.71. The Hall–Kier alpha value is -0.0900. The van der Waals surface area contributed by atoms with Crippen LogP contribution in [0.25, 0.3) is 0 Å². The lowest BCUT2D eigenvalue weighted by Crippen LogP contribution is -1.98. The minimum Gasteiger partial charge on any atom is -0.344 e. The van der Waals surface area contributed by atoms with Crippen molar-refractivity contribution in [3.63, 3.8) is 0 Å². The first-order chi connectivity index (χ1) is 12.7. The SMILES string of the molecule is CCCCCCCCCCCCCCCCc1c(CI)ccc(C)c1C.N. The Bertz CT molecular complexity index is 470. The van der Waals surface area contributed by atoms with Gasteiger partial charge in [-0.05, 0) is 48.9 Å². The number of halogens is 1. The Morgan fingerprint density at radius 3 is 1.56 bits per heavy atom. The van der Waals surface area contributed by atoms with Crippen LogP contribution in [-0.4, -0.2) is 0 Å². The molecule has 0 unspecified atom stereocenters. The van der Waals surface area contributed by atoms with Crippen LogP contribution in [0.1, 0.15) is 119 Å². The summed E-state index contributed by atoms with van der Waals surface area (Å²) in [7, 11) is 0. The van der Waals surface area contributed by atoms with E-state index in [-0.39, 0.29) is 6.15 Å². The number of unbranched alkanes of at least 4 members (excludes halogenated alkanes) is 13. The molecule has 0 heterocycles. The molecule has 0 saturated heterocycles. The molecule has 27 heavy (non-hydrogen) atoms. The summed E-state index contributed by atoms with van der Waals surface area (Å²) in [6.45, 7) is 6.86. The summed E-state index contributed by atoms with van der Waals surface area (Å²) in [4.78, 5) is 0. The van der Waals surface area contributed by atoms with Gasteiger partial charge in [0.25, 0.3) is 0 Å². The predicted octanol–water partition coefficient (Wildman–Crippen LogP) is 9.42. The molecule has 0 aliphatic carbocycles. The predicted molar refractivity (Wildman–Crippen MR) is 133 cm³/mol. The lowest BCUT2D eigenvalue weighted by atomic mass is 9.94. The van der Waals surface area contributed by atoms with Crippen molar-refractivity contribution >= 4 is 22.6 Å². The highest BCUT2D eigenvalue weighted by Crippen LogP contribution is 2.23. The van der Waals surface area contributed by atoms with Gasteiger partial charge in [-0.3, -0.25) is 0 Å². The molecule has 0 amide bonds. The second kappa shape index (κ2) is 18.0. The molecule has 158 valence electrons. The zero-order valence-electron chi connectivity index (χ0n) is 18.6. The molecule has 3 N–H and O–H groups in total. The van der Waals surface area contributed by atoms with Crippen molar-refractivity contribution in [1.82, 2.24) is 6.15 Å². The topological polar surface area (TPSA) is 35.0 Å². The molecule has 0 atom stereocenters. The average Bonchev–Trinajstić information content (AvgIpc) is 2.65. The van der Waals surface area contributed by atoms with Crippen LogP contribution in [0.15, 0.2) is 12.1 Å². The van der Waals surface area contributed by atoms with Gasteiger partial charge in [0, 0.05) is 4.43 Å². The second-order valence-corrected chi connectivity index (χ2v) is 8.89. The molecule has 1 aromatic carbocycles. The normalized spacial score (nSPS) is 10.8. The summed E-state index contributed by atoms with van der Waals surface area (Å²) in [6, 6.07) is 4.63. The molecule has 0 aliphatic heterocycles. The van der Waals surface area contributed by atoms with Gasteiger partial charge >= 0.3 is 0 Å². The highest BCUT2D eigenvalue weighted by atomic mass is 127. The summed E-state index contributed by atoms with van der Waals surface area (Å²) in [5.74, 6) is 0. The maximum absolute atomic E-state index is 2.51. The van der Waals surface area contributed by atoms with Crippen molar-refractivity contribution in [1.29, 1.82) is 0 Å². The highest BCUT2D eigenvalue weighted by Gasteiger charge is 2.07. The van der Waals surface area contributed by atoms with E-state index in [0.29, 0.717) is 0 Å². The number of hydrogen-bond donors (Lipinski definition) is 1. The van der Waals surface area contributed by atoms with E-state index in [1.54, 1.807) is 11.1 Å². The first-order valence-corrected chi connectivity index (χ1v) is 12.9. The van der Waals surface area contributed by atoms with Crippen LogP contribution in [0, 0.1) is 13.8 Å². The van der Waals surface area contributed by atoms with Gasteiger partial charge in [0.2, 0.25) is 0 Å². The average molecular weight is 488 g/mol. The van der Waals surface area contributed by atoms with E-state index >= 15 is 0 Å². The first-order valence-electron chi connectivity index (χ1n) is 11.3. The molecule has 1 rings (SSSR count). The molecule has 0 bridgehead atoms. The minimum atomic E-state index is 0.